The van der Waals surface area contributed by atoms with E-state index in [0.29, 0.717) is 6.04 Å². The molecule has 3 aliphatic rings. The largest absolute Gasteiger partial charge is 0.446 e. The van der Waals surface area contributed by atoms with Crippen molar-refractivity contribution in [1.29, 1.82) is 0 Å². The molecule has 3 fully saturated rings. The molecule has 3 saturated heterocycles. The van der Waals surface area contributed by atoms with Crippen LogP contribution in [0.15, 0.2) is 54.6 Å². The zero-order valence-corrected chi connectivity index (χ0v) is 24.8. The van der Waals surface area contributed by atoms with Crippen molar-refractivity contribution in [2.45, 2.75) is 57.1 Å². The Hall–Kier alpha value is -3.14. The molecule has 42 heavy (non-hydrogen) atoms. The van der Waals surface area contributed by atoms with Gasteiger partial charge in [-0.25, -0.2) is 9.59 Å². The summed E-state index contributed by atoms with van der Waals surface area (Å²) in [6.07, 6.45) is 6.55. The lowest BCUT2D eigenvalue weighted by Gasteiger charge is -2.34. The van der Waals surface area contributed by atoms with E-state index in [4.69, 9.17) is 4.74 Å². The SMILES string of the molecule is O=C(Nc1ccccc1-c1ccccc1)OC1CCN(CCCN2CCN(CCCN3CCCCC3CO)C2=O)CC1. The van der Waals surface area contributed by atoms with Crippen LogP contribution in [0.1, 0.15) is 44.9 Å². The van der Waals surface area contributed by atoms with Crippen LogP contribution in [-0.2, 0) is 4.74 Å². The molecule has 228 valence electrons. The van der Waals surface area contributed by atoms with Crippen LogP contribution in [0.5, 0.6) is 0 Å². The maximum absolute atomic E-state index is 12.9. The Kier molecular flexibility index (Phi) is 11.1. The number of carbonyl (C=O) groups is 2. The van der Waals surface area contributed by atoms with E-state index in [0.717, 1.165) is 108 Å². The Morgan fingerprint density at radius 1 is 0.810 bits per heavy atom. The number of amides is 3. The van der Waals surface area contributed by atoms with E-state index in [2.05, 4.69) is 15.1 Å². The second kappa shape index (κ2) is 15.4. The van der Waals surface area contributed by atoms with Gasteiger partial charge in [-0.15, -0.1) is 0 Å². The number of urea groups is 1. The zero-order chi connectivity index (χ0) is 29.1. The number of likely N-dealkylation sites (tertiary alicyclic amines) is 2. The van der Waals surface area contributed by atoms with Crippen LogP contribution in [-0.4, -0.2) is 114 Å². The van der Waals surface area contributed by atoms with E-state index in [9.17, 15) is 14.7 Å². The fourth-order valence-electron chi connectivity index (χ4n) is 6.56. The fourth-order valence-corrected chi connectivity index (χ4v) is 6.56. The van der Waals surface area contributed by atoms with Gasteiger partial charge < -0.3 is 24.5 Å². The number of para-hydroxylation sites is 1. The highest BCUT2D eigenvalue weighted by molar-refractivity contribution is 5.91. The average Bonchev–Trinajstić information content (AvgIpc) is 3.37. The Bertz CT molecular complexity index is 1140. The minimum Gasteiger partial charge on any atom is -0.446 e. The Morgan fingerprint density at radius 3 is 2.24 bits per heavy atom. The average molecular weight is 578 g/mol. The molecule has 2 aromatic rings. The minimum atomic E-state index is -0.405. The standard InChI is InChI=1S/C33H47N5O4/c39-26-28-12-6-7-18-36(28)19-9-21-38-25-24-37(33(38)41)20-8-17-35-22-15-29(16-23-35)42-32(40)34-31-14-5-4-13-30(31)27-10-2-1-3-11-27/h1-5,10-11,13-14,28-29,39H,6-9,12,15-26H2,(H,34,40). The van der Waals surface area contributed by atoms with Crippen molar-refractivity contribution in [3.8, 4) is 11.1 Å². The first-order valence-corrected chi connectivity index (χ1v) is 15.8. The summed E-state index contributed by atoms with van der Waals surface area (Å²) in [6, 6.07) is 18.3. The molecule has 1 atom stereocenters. The van der Waals surface area contributed by atoms with Crippen molar-refractivity contribution in [2.24, 2.45) is 0 Å². The molecular weight excluding hydrogens is 530 g/mol. The Balaban J connectivity index is 0.962. The van der Waals surface area contributed by atoms with Gasteiger partial charge in [0.05, 0.1) is 12.3 Å². The van der Waals surface area contributed by atoms with Crippen LogP contribution in [0.3, 0.4) is 0 Å². The summed E-state index contributed by atoms with van der Waals surface area (Å²) in [5.41, 5.74) is 2.77. The molecule has 0 radical (unpaired) electrons. The minimum absolute atomic E-state index is 0.0866. The van der Waals surface area contributed by atoms with Crippen LogP contribution in [0, 0.1) is 0 Å². The van der Waals surface area contributed by atoms with E-state index in [1.807, 2.05) is 64.4 Å². The summed E-state index contributed by atoms with van der Waals surface area (Å²) in [4.78, 5) is 34.4. The predicted octanol–water partition coefficient (Wildman–Crippen LogP) is 4.73. The number of hydrogen-bond donors (Lipinski definition) is 2. The third kappa shape index (κ3) is 8.24. The highest BCUT2D eigenvalue weighted by Crippen LogP contribution is 2.28. The number of ether oxygens (including phenoxy) is 1. The van der Waals surface area contributed by atoms with E-state index in [-0.39, 0.29) is 18.7 Å². The molecule has 2 N–H and O–H groups in total. The van der Waals surface area contributed by atoms with Gasteiger partial charge in [0.15, 0.2) is 0 Å². The maximum atomic E-state index is 12.9. The molecule has 0 saturated carbocycles. The van der Waals surface area contributed by atoms with Gasteiger partial charge in [0.2, 0.25) is 0 Å². The van der Waals surface area contributed by atoms with Crippen molar-refractivity contribution < 1.29 is 19.4 Å². The zero-order valence-electron chi connectivity index (χ0n) is 24.8. The van der Waals surface area contributed by atoms with Gasteiger partial charge in [0, 0.05) is 57.4 Å². The van der Waals surface area contributed by atoms with Crippen LogP contribution < -0.4 is 5.32 Å². The normalized spacial score (nSPS) is 20.7. The van der Waals surface area contributed by atoms with Crippen molar-refractivity contribution in [1.82, 2.24) is 19.6 Å². The molecule has 9 nitrogen and oxygen atoms in total. The van der Waals surface area contributed by atoms with Crippen molar-refractivity contribution in [2.75, 3.05) is 70.8 Å². The van der Waals surface area contributed by atoms with Gasteiger partial charge >= 0.3 is 12.1 Å². The quantitative estimate of drug-likeness (QED) is 0.379. The van der Waals surface area contributed by atoms with Gasteiger partial charge in [-0.05, 0) is 63.2 Å². The monoisotopic (exact) mass is 577 g/mol. The van der Waals surface area contributed by atoms with Gasteiger partial charge in [0.1, 0.15) is 6.10 Å². The second-order valence-corrected chi connectivity index (χ2v) is 11.8. The third-order valence-electron chi connectivity index (χ3n) is 8.97. The molecular formula is C33H47N5O4. The second-order valence-electron chi connectivity index (χ2n) is 11.8. The number of aliphatic hydroxyl groups is 1. The number of nitrogens with one attached hydrogen (secondary N) is 1. The van der Waals surface area contributed by atoms with Crippen molar-refractivity contribution >= 4 is 17.8 Å². The molecule has 3 heterocycles. The summed E-state index contributed by atoms with van der Waals surface area (Å²) in [5.74, 6) is 0. The molecule has 3 aliphatic heterocycles. The summed E-state index contributed by atoms with van der Waals surface area (Å²) in [7, 11) is 0. The Labute approximate surface area is 250 Å². The first-order valence-electron chi connectivity index (χ1n) is 15.8. The number of benzene rings is 2. The van der Waals surface area contributed by atoms with E-state index >= 15 is 0 Å². The summed E-state index contributed by atoms with van der Waals surface area (Å²) < 4.78 is 5.78. The summed E-state index contributed by atoms with van der Waals surface area (Å²) in [5, 5.41) is 12.6. The number of hydrogen-bond acceptors (Lipinski definition) is 6. The maximum Gasteiger partial charge on any atom is 0.411 e. The molecule has 3 amide bonds. The number of piperidine rings is 2. The highest BCUT2D eigenvalue weighted by Gasteiger charge is 2.29. The first kappa shape index (κ1) is 30.3. The van der Waals surface area contributed by atoms with Crippen LogP contribution in [0.25, 0.3) is 11.1 Å². The molecule has 5 rings (SSSR count). The highest BCUT2D eigenvalue weighted by atomic mass is 16.6. The number of aliphatic hydroxyl groups excluding tert-OH is 1. The summed E-state index contributed by atoms with van der Waals surface area (Å²) >= 11 is 0. The number of carbonyl (C=O) groups excluding carboxylic acids is 2. The lowest BCUT2D eigenvalue weighted by molar-refractivity contribution is 0.0581. The van der Waals surface area contributed by atoms with Crippen LogP contribution in [0.2, 0.25) is 0 Å². The van der Waals surface area contributed by atoms with Gasteiger partial charge in [-0.1, -0.05) is 55.0 Å². The van der Waals surface area contributed by atoms with Gasteiger partial charge in [0.25, 0.3) is 0 Å². The smallest absolute Gasteiger partial charge is 0.411 e. The van der Waals surface area contributed by atoms with E-state index in [1.54, 1.807) is 0 Å². The van der Waals surface area contributed by atoms with Crippen molar-refractivity contribution in [3.05, 3.63) is 54.6 Å². The van der Waals surface area contributed by atoms with Crippen LogP contribution >= 0.6 is 0 Å². The van der Waals surface area contributed by atoms with Gasteiger partial charge in [-0.3, -0.25) is 10.2 Å². The number of anilines is 1. The van der Waals surface area contributed by atoms with Crippen LogP contribution in [0.4, 0.5) is 15.3 Å². The fraction of sp³-hybridized carbons (Fsp3) is 0.576. The van der Waals surface area contributed by atoms with Crippen molar-refractivity contribution in [3.63, 3.8) is 0 Å². The molecule has 9 heteroatoms. The molecule has 1 unspecified atom stereocenters. The molecule has 0 aliphatic carbocycles. The first-order chi connectivity index (χ1) is 20.6. The summed E-state index contributed by atoms with van der Waals surface area (Å²) in [6.45, 7) is 8.18. The number of nitrogens with zero attached hydrogens (tertiary/aromatic N) is 4. The topological polar surface area (TPSA) is 88.6 Å². The molecule has 2 aromatic carbocycles. The van der Waals surface area contributed by atoms with Gasteiger partial charge in [-0.2, -0.15) is 0 Å². The number of rotatable bonds is 12. The third-order valence-corrected chi connectivity index (χ3v) is 8.97. The lowest BCUT2D eigenvalue weighted by Crippen LogP contribution is -2.43. The molecule has 0 bridgehead atoms. The predicted molar refractivity (Wildman–Crippen MR) is 166 cm³/mol. The van der Waals surface area contributed by atoms with E-state index < -0.39 is 6.09 Å². The van der Waals surface area contributed by atoms with E-state index in [1.165, 1.54) is 12.8 Å². The lowest BCUT2D eigenvalue weighted by atomic mass is 10.0. The molecule has 0 spiro atoms. The molecule has 0 aromatic heterocycles. The Morgan fingerprint density at radius 2 is 1.50 bits per heavy atom.